The number of benzene rings is 2. The summed E-state index contributed by atoms with van der Waals surface area (Å²) in [5.41, 5.74) is 3.85. The van der Waals surface area contributed by atoms with Crippen LogP contribution in [-0.4, -0.2) is 32.9 Å². The van der Waals surface area contributed by atoms with Crippen molar-refractivity contribution in [1.82, 2.24) is 14.8 Å². The fourth-order valence-electron chi connectivity index (χ4n) is 5.17. The fraction of sp³-hybridized carbons (Fsp3) is 0.357. The van der Waals surface area contributed by atoms with E-state index in [4.69, 9.17) is 0 Å². The van der Waals surface area contributed by atoms with Crippen molar-refractivity contribution in [3.8, 4) is 11.3 Å². The lowest BCUT2D eigenvalue weighted by Crippen LogP contribution is -2.64. The Morgan fingerprint density at radius 1 is 0.970 bits per heavy atom. The van der Waals surface area contributed by atoms with Gasteiger partial charge in [-0.25, -0.2) is 0 Å². The summed E-state index contributed by atoms with van der Waals surface area (Å²) in [7, 11) is 0. The molecule has 5 nitrogen and oxygen atoms in total. The second kappa shape index (κ2) is 8.54. The third-order valence-corrected chi connectivity index (χ3v) is 7.22. The van der Waals surface area contributed by atoms with Gasteiger partial charge in [-0.3, -0.25) is 9.59 Å². The lowest BCUT2D eigenvalue weighted by Gasteiger charge is -2.45. The third kappa shape index (κ3) is 3.97. The monoisotopic (exact) mass is 441 g/mol. The Bertz CT molecular complexity index is 1160. The molecule has 2 aliphatic rings. The molecular weight excluding hydrogens is 410 g/mol. The zero-order valence-corrected chi connectivity index (χ0v) is 19.4. The van der Waals surface area contributed by atoms with Crippen LogP contribution in [0.2, 0.25) is 0 Å². The standard InChI is InChI=1S/C28H31N3O2/c1-20-12-14-21(15-13-20)18-31-26(32)25-17-16-24(22-8-4-3-5-9-22)30(25)19-28(31,2)27(33)29-23-10-6-7-11-23/h3-5,8-9,12-17,23H,6-7,10-11,18-19H2,1-2H3,(H,29,33). The SMILES string of the molecule is Cc1ccc(CN2C(=O)c3ccc(-c4ccccc4)n3CC2(C)C(=O)NC2CCCC2)cc1. The highest BCUT2D eigenvalue weighted by atomic mass is 16.2. The van der Waals surface area contributed by atoms with Crippen molar-refractivity contribution in [2.45, 2.75) is 64.2 Å². The van der Waals surface area contributed by atoms with Gasteiger partial charge in [0.25, 0.3) is 5.91 Å². The van der Waals surface area contributed by atoms with E-state index in [0.717, 1.165) is 42.5 Å². The molecule has 1 unspecified atom stereocenters. The molecule has 2 amide bonds. The molecule has 0 saturated heterocycles. The van der Waals surface area contributed by atoms with Crippen molar-refractivity contribution in [2.75, 3.05) is 0 Å². The molecule has 3 aromatic rings. The van der Waals surface area contributed by atoms with Gasteiger partial charge in [0.05, 0.1) is 6.54 Å². The molecule has 0 spiro atoms. The number of rotatable bonds is 5. The van der Waals surface area contributed by atoms with Gasteiger partial charge in [0.15, 0.2) is 0 Å². The number of hydrogen-bond acceptors (Lipinski definition) is 2. The normalized spacial score (nSPS) is 20.7. The second-order valence-electron chi connectivity index (χ2n) is 9.66. The average Bonchev–Trinajstić information content (AvgIpc) is 3.48. The van der Waals surface area contributed by atoms with Crippen molar-refractivity contribution >= 4 is 11.8 Å². The van der Waals surface area contributed by atoms with Crippen LogP contribution < -0.4 is 5.32 Å². The largest absolute Gasteiger partial charge is 0.351 e. The van der Waals surface area contributed by atoms with Gasteiger partial charge in [0, 0.05) is 18.3 Å². The van der Waals surface area contributed by atoms with Gasteiger partial charge in [-0.2, -0.15) is 0 Å². The Morgan fingerprint density at radius 2 is 1.64 bits per heavy atom. The number of carbonyl (C=O) groups is 2. The average molecular weight is 442 g/mol. The number of aromatic nitrogens is 1. The molecule has 1 fully saturated rings. The maximum atomic E-state index is 13.8. The maximum absolute atomic E-state index is 13.8. The Labute approximate surface area is 195 Å². The molecule has 1 aliphatic heterocycles. The zero-order valence-electron chi connectivity index (χ0n) is 19.4. The Hall–Kier alpha value is -3.34. The molecule has 1 aromatic heterocycles. The van der Waals surface area contributed by atoms with E-state index in [1.54, 1.807) is 4.90 Å². The van der Waals surface area contributed by atoms with Crippen molar-refractivity contribution in [2.24, 2.45) is 0 Å². The molecule has 1 atom stereocenters. The predicted molar refractivity (Wildman–Crippen MR) is 130 cm³/mol. The molecule has 1 N–H and O–H groups in total. The van der Waals surface area contributed by atoms with Crippen molar-refractivity contribution < 1.29 is 9.59 Å². The van der Waals surface area contributed by atoms with Crippen LogP contribution in [0.15, 0.2) is 66.7 Å². The van der Waals surface area contributed by atoms with Crippen LogP contribution in [0.4, 0.5) is 0 Å². The highest BCUT2D eigenvalue weighted by Crippen LogP contribution is 2.34. The Balaban J connectivity index is 1.54. The molecular formula is C28H31N3O2. The van der Waals surface area contributed by atoms with Crippen LogP contribution in [0, 0.1) is 6.92 Å². The third-order valence-electron chi connectivity index (χ3n) is 7.22. The first-order chi connectivity index (χ1) is 16.0. The summed E-state index contributed by atoms with van der Waals surface area (Å²) in [6.45, 7) is 4.79. The molecule has 0 bridgehead atoms. The summed E-state index contributed by atoms with van der Waals surface area (Å²) in [6, 6.07) is 22.3. The lowest BCUT2D eigenvalue weighted by atomic mass is 9.93. The summed E-state index contributed by atoms with van der Waals surface area (Å²) in [5, 5.41) is 3.27. The predicted octanol–water partition coefficient (Wildman–Crippen LogP) is 4.94. The van der Waals surface area contributed by atoms with Crippen LogP contribution in [-0.2, 0) is 17.9 Å². The van der Waals surface area contributed by atoms with Crippen LogP contribution in [0.5, 0.6) is 0 Å². The van der Waals surface area contributed by atoms with E-state index in [1.807, 2.05) is 73.0 Å². The van der Waals surface area contributed by atoms with Crippen LogP contribution in [0.3, 0.4) is 0 Å². The number of nitrogens with zero attached hydrogens (tertiary/aromatic N) is 2. The fourth-order valence-corrected chi connectivity index (χ4v) is 5.17. The molecule has 33 heavy (non-hydrogen) atoms. The molecule has 2 aromatic carbocycles. The van der Waals surface area contributed by atoms with E-state index in [1.165, 1.54) is 5.56 Å². The van der Waals surface area contributed by atoms with Crippen molar-refractivity contribution in [1.29, 1.82) is 0 Å². The van der Waals surface area contributed by atoms with Gasteiger partial charge in [0.2, 0.25) is 5.91 Å². The van der Waals surface area contributed by atoms with E-state index in [0.29, 0.717) is 18.8 Å². The van der Waals surface area contributed by atoms with Gasteiger partial charge < -0.3 is 14.8 Å². The first kappa shape index (κ1) is 21.5. The van der Waals surface area contributed by atoms with E-state index in [-0.39, 0.29) is 17.9 Å². The first-order valence-electron chi connectivity index (χ1n) is 11.9. The molecule has 1 saturated carbocycles. The number of carbonyl (C=O) groups excluding carboxylic acids is 2. The molecule has 2 heterocycles. The highest BCUT2D eigenvalue weighted by molar-refractivity contribution is 6.00. The number of nitrogens with one attached hydrogen (secondary N) is 1. The first-order valence-corrected chi connectivity index (χ1v) is 11.9. The second-order valence-corrected chi connectivity index (χ2v) is 9.66. The minimum atomic E-state index is -0.986. The lowest BCUT2D eigenvalue weighted by molar-refractivity contribution is -0.133. The van der Waals surface area contributed by atoms with Gasteiger partial charge in [-0.15, -0.1) is 0 Å². The smallest absolute Gasteiger partial charge is 0.271 e. The Kier molecular flexibility index (Phi) is 5.57. The number of amides is 2. The van der Waals surface area contributed by atoms with E-state index in [9.17, 15) is 9.59 Å². The van der Waals surface area contributed by atoms with Crippen LogP contribution >= 0.6 is 0 Å². The molecule has 5 rings (SSSR count). The molecule has 170 valence electrons. The quantitative estimate of drug-likeness (QED) is 0.610. The van der Waals surface area contributed by atoms with Crippen LogP contribution in [0.1, 0.15) is 54.2 Å². The van der Waals surface area contributed by atoms with E-state index in [2.05, 4.69) is 17.4 Å². The molecule has 1 aliphatic carbocycles. The van der Waals surface area contributed by atoms with Crippen molar-refractivity contribution in [3.05, 3.63) is 83.6 Å². The van der Waals surface area contributed by atoms with Crippen molar-refractivity contribution in [3.63, 3.8) is 0 Å². The number of fused-ring (bicyclic) bond motifs is 1. The minimum Gasteiger partial charge on any atom is -0.351 e. The summed E-state index contributed by atoms with van der Waals surface area (Å²) in [5.74, 6) is -0.165. The topological polar surface area (TPSA) is 54.3 Å². The molecule has 0 radical (unpaired) electrons. The van der Waals surface area contributed by atoms with Gasteiger partial charge in [-0.05, 0) is 49.9 Å². The molecule has 5 heteroatoms. The number of hydrogen-bond donors (Lipinski definition) is 1. The summed E-state index contributed by atoms with van der Waals surface area (Å²) in [4.78, 5) is 29.3. The van der Waals surface area contributed by atoms with Gasteiger partial charge in [0.1, 0.15) is 11.2 Å². The van der Waals surface area contributed by atoms with Gasteiger partial charge >= 0.3 is 0 Å². The minimum absolute atomic E-state index is 0.0618. The summed E-state index contributed by atoms with van der Waals surface area (Å²) in [6.07, 6.45) is 4.32. The van der Waals surface area contributed by atoms with E-state index < -0.39 is 5.54 Å². The van der Waals surface area contributed by atoms with E-state index >= 15 is 0 Å². The van der Waals surface area contributed by atoms with Gasteiger partial charge in [-0.1, -0.05) is 73.0 Å². The van der Waals surface area contributed by atoms with Crippen LogP contribution in [0.25, 0.3) is 11.3 Å². The number of aryl methyl sites for hydroxylation is 1. The summed E-state index contributed by atoms with van der Waals surface area (Å²) < 4.78 is 2.03. The summed E-state index contributed by atoms with van der Waals surface area (Å²) >= 11 is 0. The maximum Gasteiger partial charge on any atom is 0.271 e. The Morgan fingerprint density at radius 3 is 2.33 bits per heavy atom. The highest BCUT2D eigenvalue weighted by Gasteiger charge is 2.48. The zero-order chi connectivity index (χ0) is 23.0.